The molecule has 100 valence electrons. The zero-order valence-corrected chi connectivity index (χ0v) is 11.8. The van der Waals surface area contributed by atoms with Gasteiger partial charge in [-0.05, 0) is 40.8 Å². The predicted molar refractivity (Wildman–Crippen MR) is 80.4 cm³/mol. The number of ether oxygens (including phenoxy) is 1. The van der Waals surface area contributed by atoms with Crippen LogP contribution >= 0.6 is 11.6 Å². The third-order valence-electron chi connectivity index (χ3n) is 3.15. The Morgan fingerprint density at radius 2 is 1.84 bits per heavy atom. The van der Waals surface area contributed by atoms with Gasteiger partial charge < -0.3 is 10.5 Å². The van der Waals surface area contributed by atoms with Crippen molar-refractivity contribution in [2.75, 3.05) is 13.7 Å². The highest BCUT2D eigenvalue weighted by Gasteiger charge is 2.05. The van der Waals surface area contributed by atoms with Crippen molar-refractivity contribution in [3.8, 4) is 11.1 Å². The Balaban J connectivity index is 2.29. The quantitative estimate of drug-likeness (QED) is 0.904. The maximum absolute atomic E-state index is 6.07. The molecule has 2 rings (SSSR count). The molecule has 0 radical (unpaired) electrons. The lowest BCUT2D eigenvalue weighted by Crippen LogP contribution is -1.99. The first kappa shape index (κ1) is 14.1. The van der Waals surface area contributed by atoms with Crippen molar-refractivity contribution in [1.29, 1.82) is 0 Å². The molecule has 2 nitrogen and oxygen atoms in total. The third-order valence-corrected chi connectivity index (χ3v) is 3.39. The third kappa shape index (κ3) is 3.57. The minimum atomic E-state index is 0.512. The standard InChI is InChI=1S/C16H18ClNO/c1-19-9-8-12-2-4-13(5-3-12)16-10-15(17)7-6-14(16)11-18/h2-7,10H,8-9,11,18H2,1H3. The Morgan fingerprint density at radius 1 is 1.11 bits per heavy atom. The number of nitrogens with two attached hydrogens (primary N) is 1. The first-order valence-electron chi connectivity index (χ1n) is 6.31. The van der Waals surface area contributed by atoms with Gasteiger partial charge in [-0.1, -0.05) is 41.9 Å². The van der Waals surface area contributed by atoms with Gasteiger partial charge >= 0.3 is 0 Å². The Morgan fingerprint density at radius 3 is 2.47 bits per heavy atom. The lowest BCUT2D eigenvalue weighted by atomic mass is 9.98. The van der Waals surface area contributed by atoms with Gasteiger partial charge in [0.1, 0.15) is 0 Å². The second kappa shape index (κ2) is 6.71. The Labute approximate surface area is 119 Å². The van der Waals surface area contributed by atoms with E-state index in [9.17, 15) is 0 Å². The summed E-state index contributed by atoms with van der Waals surface area (Å²) < 4.78 is 5.08. The van der Waals surface area contributed by atoms with Crippen LogP contribution in [0.25, 0.3) is 11.1 Å². The molecule has 0 saturated carbocycles. The average Bonchev–Trinajstić information content (AvgIpc) is 2.45. The van der Waals surface area contributed by atoms with Gasteiger partial charge in [0, 0.05) is 18.7 Å². The summed E-state index contributed by atoms with van der Waals surface area (Å²) in [4.78, 5) is 0. The highest BCUT2D eigenvalue weighted by atomic mass is 35.5. The molecule has 0 unspecified atom stereocenters. The zero-order chi connectivity index (χ0) is 13.7. The highest BCUT2D eigenvalue weighted by Crippen LogP contribution is 2.27. The molecule has 0 aliphatic rings. The summed E-state index contributed by atoms with van der Waals surface area (Å²) in [5, 5.41) is 0.732. The van der Waals surface area contributed by atoms with E-state index in [0.29, 0.717) is 6.54 Å². The van der Waals surface area contributed by atoms with E-state index in [4.69, 9.17) is 22.1 Å². The molecule has 0 aromatic heterocycles. The number of hydrogen-bond acceptors (Lipinski definition) is 2. The van der Waals surface area contributed by atoms with Gasteiger partial charge in [0.15, 0.2) is 0 Å². The van der Waals surface area contributed by atoms with Crippen LogP contribution in [0, 0.1) is 0 Å². The summed E-state index contributed by atoms with van der Waals surface area (Å²) in [7, 11) is 1.72. The Hall–Kier alpha value is -1.35. The molecular weight excluding hydrogens is 258 g/mol. The summed E-state index contributed by atoms with van der Waals surface area (Å²) in [6.07, 6.45) is 0.927. The van der Waals surface area contributed by atoms with E-state index in [1.165, 1.54) is 5.56 Å². The van der Waals surface area contributed by atoms with Gasteiger partial charge in [-0.25, -0.2) is 0 Å². The van der Waals surface area contributed by atoms with Gasteiger partial charge in [0.2, 0.25) is 0 Å². The van der Waals surface area contributed by atoms with E-state index in [2.05, 4.69) is 24.3 Å². The lowest BCUT2D eigenvalue weighted by Gasteiger charge is -2.09. The summed E-state index contributed by atoms with van der Waals surface area (Å²) in [5.74, 6) is 0. The summed E-state index contributed by atoms with van der Waals surface area (Å²) in [6, 6.07) is 14.3. The second-order valence-corrected chi connectivity index (χ2v) is 4.88. The number of benzene rings is 2. The minimum Gasteiger partial charge on any atom is -0.384 e. The van der Waals surface area contributed by atoms with Crippen LogP contribution in [0.1, 0.15) is 11.1 Å². The topological polar surface area (TPSA) is 35.2 Å². The maximum atomic E-state index is 6.07. The van der Waals surface area contributed by atoms with Crippen molar-refractivity contribution in [3.05, 3.63) is 58.6 Å². The average molecular weight is 276 g/mol. The first-order valence-corrected chi connectivity index (χ1v) is 6.69. The van der Waals surface area contributed by atoms with Crippen molar-refractivity contribution in [2.24, 2.45) is 5.73 Å². The SMILES string of the molecule is COCCc1ccc(-c2cc(Cl)ccc2CN)cc1. The molecule has 0 fully saturated rings. The molecule has 2 aromatic rings. The van der Waals surface area contributed by atoms with Gasteiger partial charge in [-0.2, -0.15) is 0 Å². The summed E-state index contributed by atoms with van der Waals surface area (Å²) >= 11 is 6.07. The van der Waals surface area contributed by atoms with E-state index in [-0.39, 0.29) is 0 Å². The Kier molecular flexibility index (Phi) is 4.97. The second-order valence-electron chi connectivity index (χ2n) is 4.45. The number of halogens is 1. The van der Waals surface area contributed by atoms with E-state index >= 15 is 0 Å². The number of rotatable bonds is 5. The fourth-order valence-corrected chi connectivity index (χ4v) is 2.24. The highest BCUT2D eigenvalue weighted by molar-refractivity contribution is 6.30. The monoisotopic (exact) mass is 275 g/mol. The summed E-state index contributed by atoms with van der Waals surface area (Å²) in [6.45, 7) is 1.25. The number of methoxy groups -OCH3 is 1. The van der Waals surface area contributed by atoms with E-state index in [0.717, 1.165) is 34.7 Å². The van der Waals surface area contributed by atoms with Crippen LogP contribution in [-0.4, -0.2) is 13.7 Å². The lowest BCUT2D eigenvalue weighted by molar-refractivity contribution is 0.202. The minimum absolute atomic E-state index is 0.512. The molecule has 2 aromatic carbocycles. The van der Waals surface area contributed by atoms with Gasteiger partial charge in [0.05, 0.1) is 6.61 Å². The summed E-state index contributed by atoms with van der Waals surface area (Å²) in [5.41, 5.74) is 10.4. The molecule has 2 N–H and O–H groups in total. The molecule has 3 heteroatoms. The molecule has 0 spiro atoms. The first-order chi connectivity index (χ1) is 9.24. The van der Waals surface area contributed by atoms with Gasteiger partial charge in [-0.15, -0.1) is 0 Å². The largest absolute Gasteiger partial charge is 0.384 e. The zero-order valence-electron chi connectivity index (χ0n) is 11.0. The van der Waals surface area contributed by atoms with Gasteiger partial charge in [0.25, 0.3) is 0 Å². The van der Waals surface area contributed by atoms with Crippen LogP contribution in [0.4, 0.5) is 0 Å². The van der Waals surface area contributed by atoms with E-state index in [1.807, 2.05) is 18.2 Å². The van der Waals surface area contributed by atoms with E-state index < -0.39 is 0 Å². The molecule has 0 amide bonds. The van der Waals surface area contributed by atoms with Crippen LogP contribution in [-0.2, 0) is 17.7 Å². The molecular formula is C16H18ClNO. The van der Waals surface area contributed by atoms with Crippen LogP contribution in [0.2, 0.25) is 5.02 Å². The van der Waals surface area contributed by atoms with Crippen LogP contribution < -0.4 is 5.73 Å². The van der Waals surface area contributed by atoms with Crippen molar-refractivity contribution in [1.82, 2.24) is 0 Å². The normalized spacial score (nSPS) is 10.7. The fraction of sp³-hybridized carbons (Fsp3) is 0.250. The molecule has 0 saturated heterocycles. The van der Waals surface area contributed by atoms with Crippen LogP contribution in [0.3, 0.4) is 0 Å². The van der Waals surface area contributed by atoms with E-state index in [1.54, 1.807) is 7.11 Å². The molecule has 0 atom stereocenters. The molecule has 0 bridgehead atoms. The molecule has 0 aliphatic heterocycles. The fourth-order valence-electron chi connectivity index (χ4n) is 2.07. The molecule has 0 heterocycles. The van der Waals surface area contributed by atoms with Gasteiger partial charge in [-0.3, -0.25) is 0 Å². The van der Waals surface area contributed by atoms with Crippen molar-refractivity contribution >= 4 is 11.6 Å². The molecule has 0 aliphatic carbocycles. The maximum Gasteiger partial charge on any atom is 0.0502 e. The van der Waals surface area contributed by atoms with Crippen molar-refractivity contribution in [3.63, 3.8) is 0 Å². The predicted octanol–water partition coefficient (Wildman–Crippen LogP) is 3.65. The smallest absolute Gasteiger partial charge is 0.0502 e. The number of hydrogen-bond donors (Lipinski definition) is 1. The van der Waals surface area contributed by atoms with Crippen LogP contribution in [0.5, 0.6) is 0 Å². The van der Waals surface area contributed by atoms with Crippen molar-refractivity contribution < 1.29 is 4.74 Å². The molecule has 19 heavy (non-hydrogen) atoms. The Bertz CT molecular complexity index is 537. The van der Waals surface area contributed by atoms with Crippen LogP contribution in [0.15, 0.2) is 42.5 Å². The van der Waals surface area contributed by atoms with Crippen molar-refractivity contribution in [2.45, 2.75) is 13.0 Å².